The Kier molecular flexibility index (Phi) is 4.35. The van der Waals surface area contributed by atoms with Crippen LogP contribution in [-0.2, 0) is 6.42 Å². The Balaban J connectivity index is 1.94. The molecule has 0 radical (unpaired) electrons. The van der Waals surface area contributed by atoms with E-state index >= 15 is 0 Å². The molecule has 0 heterocycles. The topological polar surface area (TPSA) is 0 Å². The van der Waals surface area contributed by atoms with Crippen molar-refractivity contribution in [1.82, 2.24) is 0 Å². The van der Waals surface area contributed by atoms with Crippen molar-refractivity contribution in [2.45, 2.75) is 32.6 Å². The minimum absolute atomic E-state index is 1.02. The largest absolute Gasteiger partial charge is 0.0874 e. The van der Waals surface area contributed by atoms with Gasteiger partial charge in [-0.2, -0.15) is 0 Å². The number of benzene rings is 2. The fourth-order valence-corrected chi connectivity index (χ4v) is 3.04. The van der Waals surface area contributed by atoms with Crippen LogP contribution in [0.3, 0.4) is 0 Å². The molecule has 0 heteroatoms. The third-order valence-corrected chi connectivity index (χ3v) is 4.12. The van der Waals surface area contributed by atoms with Crippen molar-refractivity contribution in [2.75, 3.05) is 0 Å². The summed E-state index contributed by atoms with van der Waals surface area (Å²) < 4.78 is 0. The van der Waals surface area contributed by atoms with E-state index in [1.54, 1.807) is 0 Å². The molecular weight excluding hydrogens is 252 g/mol. The summed E-state index contributed by atoms with van der Waals surface area (Å²) >= 11 is 0. The van der Waals surface area contributed by atoms with E-state index in [-0.39, 0.29) is 0 Å². The van der Waals surface area contributed by atoms with Gasteiger partial charge in [-0.1, -0.05) is 66.8 Å². The van der Waals surface area contributed by atoms with E-state index in [9.17, 15) is 0 Å². The molecule has 0 amide bonds. The van der Waals surface area contributed by atoms with Crippen molar-refractivity contribution >= 4 is 10.8 Å². The van der Waals surface area contributed by atoms with Crippen LogP contribution in [0.4, 0.5) is 0 Å². The van der Waals surface area contributed by atoms with Gasteiger partial charge in [-0.15, -0.1) is 0 Å². The summed E-state index contributed by atoms with van der Waals surface area (Å²) in [6.45, 7) is 2.10. The standard InChI is InChI=1S/C21H22/c1-2-8-20(18-9-4-3-5-10-18)15-17-13-14-19-11-6-7-12-21(19)16-17/h2,4,6-9,11-14,16H,3,5,10,15H2,1H3/b8-2-,20-18+. The Bertz CT molecular complexity index is 714. The first-order chi connectivity index (χ1) is 10.4. The number of hydrogen-bond donors (Lipinski definition) is 0. The molecule has 0 bridgehead atoms. The Morgan fingerprint density at radius 3 is 2.71 bits per heavy atom. The number of hydrogen-bond acceptors (Lipinski definition) is 0. The van der Waals surface area contributed by atoms with Crippen molar-refractivity contribution in [2.24, 2.45) is 0 Å². The smallest absolute Gasteiger partial charge is 0.00229 e. The van der Waals surface area contributed by atoms with Gasteiger partial charge in [0.2, 0.25) is 0 Å². The molecule has 0 fully saturated rings. The van der Waals surface area contributed by atoms with Crippen LogP contribution in [0.25, 0.3) is 10.8 Å². The van der Waals surface area contributed by atoms with Crippen LogP contribution in [0.15, 0.2) is 77.9 Å². The number of rotatable bonds is 3. The Labute approximate surface area is 127 Å². The molecule has 0 aromatic heterocycles. The second-order valence-corrected chi connectivity index (χ2v) is 5.70. The van der Waals surface area contributed by atoms with Crippen LogP contribution < -0.4 is 0 Å². The van der Waals surface area contributed by atoms with Crippen LogP contribution in [0.2, 0.25) is 0 Å². The normalized spacial score (nSPS) is 17.6. The monoisotopic (exact) mass is 274 g/mol. The van der Waals surface area contributed by atoms with Crippen LogP contribution in [0.1, 0.15) is 31.7 Å². The Hall–Kier alpha value is -2.08. The average Bonchev–Trinajstić information content (AvgIpc) is 2.55. The molecule has 0 N–H and O–H groups in total. The highest BCUT2D eigenvalue weighted by Crippen LogP contribution is 2.25. The van der Waals surface area contributed by atoms with E-state index < -0.39 is 0 Å². The van der Waals surface area contributed by atoms with Crippen molar-refractivity contribution < 1.29 is 0 Å². The highest BCUT2D eigenvalue weighted by atomic mass is 14.1. The molecule has 0 atom stereocenters. The molecule has 2 aromatic rings. The van der Waals surface area contributed by atoms with Crippen LogP contribution >= 0.6 is 0 Å². The van der Waals surface area contributed by atoms with Crippen LogP contribution in [-0.4, -0.2) is 0 Å². The molecule has 0 aliphatic heterocycles. The Morgan fingerprint density at radius 2 is 1.95 bits per heavy atom. The molecule has 0 spiro atoms. The number of fused-ring (bicyclic) bond motifs is 1. The SMILES string of the molecule is C/C=C\C(Cc1ccc2ccccc2c1)=C1\C=CCCC1. The van der Waals surface area contributed by atoms with Gasteiger partial charge in [0.1, 0.15) is 0 Å². The zero-order chi connectivity index (χ0) is 14.5. The zero-order valence-electron chi connectivity index (χ0n) is 12.7. The summed E-state index contributed by atoms with van der Waals surface area (Å²) in [6.07, 6.45) is 13.8. The third-order valence-electron chi connectivity index (χ3n) is 4.12. The summed E-state index contributed by atoms with van der Waals surface area (Å²) in [5.74, 6) is 0. The average molecular weight is 274 g/mol. The maximum Gasteiger partial charge on any atom is -0.00229 e. The van der Waals surface area contributed by atoms with E-state index in [1.165, 1.54) is 46.7 Å². The summed E-state index contributed by atoms with van der Waals surface area (Å²) in [4.78, 5) is 0. The summed E-state index contributed by atoms with van der Waals surface area (Å²) in [7, 11) is 0. The predicted octanol–water partition coefficient (Wildman–Crippen LogP) is 6.00. The van der Waals surface area contributed by atoms with Crippen molar-refractivity contribution in [3.8, 4) is 0 Å². The lowest BCUT2D eigenvalue weighted by Crippen LogP contribution is -1.96. The molecule has 1 aliphatic carbocycles. The van der Waals surface area contributed by atoms with Gasteiger partial charge in [0.25, 0.3) is 0 Å². The molecule has 0 unspecified atom stereocenters. The second-order valence-electron chi connectivity index (χ2n) is 5.70. The summed E-state index contributed by atoms with van der Waals surface area (Å²) in [6, 6.07) is 15.4. The summed E-state index contributed by atoms with van der Waals surface area (Å²) in [5, 5.41) is 2.65. The molecular formula is C21H22. The first kappa shape index (κ1) is 13.9. The van der Waals surface area contributed by atoms with Crippen molar-refractivity contribution in [3.63, 3.8) is 0 Å². The van der Waals surface area contributed by atoms with E-state index in [0.717, 1.165) is 6.42 Å². The van der Waals surface area contributed by atoms with Gasteiger partial charge in [0.05, 0.1) is 0 Å². The molecule has 106 valence electrons. The fraction of sp³-hybridized carbons (Fsp3) is 0.238. The van der Waals surface area contributed by atoms with Gasteiger partial charge >= 0.3 is 0 Å². The minimum Gasteiger partial charge on any atom is -0.0874 e. The van der Waals surface area contributed by atoms with Gasteiger partial charge in [-0.05, 0) is 60.1 Å². The quantitative estimate of drug-likeness (QED) is 0.644. The number of allylic oxidation sites excluding steroid dienone is 6. The molecule has 0 saturated carbocycles. The van der Waals surface area contributed by atoms with Gasteiger partial charge in [0, 0.05) is 0 Å². The van der Waals surface area contributed by atoms with Gasteiger partial charge in [-0.25, -0.2) is 0 Å². The zero-order valence-corrected chi connectivity index (χ0v) is 12.7. The lowest BCUT2D eigenvalue weighted by atomic mass is 9.92. The van der Waals surface area contributed by atoms with Crippen LogP contribution in [0, 0.1) is 0 Å². The van der Waals surface area contributed by atoms with Gasteiger partial charge in [-0.3, -0.25) is 0 Å². The predicted molar refractivity (Wildman–Crippen MR) is 92.5 cm³/mol. The highest BCUT2D eigenvalue weighted by Gasteiger charge is 2.06. The second kappa shape index (κ2) is 6.58. The lowest BCUT2D eigenvalue weighted by molar-refractivity contribution is 0.811. The minimum atomic E-state index is 1.02. The molecule has 0 saturated heterocycles. The van der Waals surface area contributed by atoms with Crippen LogP contribution in [0.5, 0.6) is 0 Å². The summed E-state index contributed by atoms with van der Waals surface area (Å²) in [5.41, 5.74) is 4.37. The first-order valence-corrected chi connectivity index (χ1v) is 7.86. The molecule has 3 rings (SSSR count). The van der Waals surface area contributed by atoms with E-state index in [2.05, 4.69) is 73.7 Å². The molecule has 2 aromatic carbocycles. The molecule has 0 nitrogen and oxygen atoms in total. The maximum absolute atomic E-state index is 2.33. The molecule has 1 aliphatic rings. The van der Waals surface area contributed by atoms with E-state index in [1.807, 2.05) is 0 Å². The third kappa shape index (κ3) is 3.33. The molecule has 21 heavy (non-hydrogen) atoms. The highest BCUT2D eigenvalue weighted by molar-refractivity contribution is 5.83. The Morgan fingerprint density at radius 1 is 1.10 bits per heavy atom. The van der Waals surface area contributed by atoms with E-state index in [4.69, 9.17) is 0 Å². The van der Waals surface area contributed by atoms with E-state index in [0.29, 0.717) is 0 Å². The lowest BCUT2D eigenvalue weighted by Gasteiger charge is -2.13. The first-order valence-electron chi connectivity index (χ1n) is 7.86. The van der Waals surface area contributed by atoms with Gasteiger partial charge in [0.15, 0.2) is 0 Å². The van der Waals surface area contributed by atoms with Crippen molar-refractivity contribution in [1.29, 1.82) is 0 Å². The maximum atomic E-state index is 2.33. The van der Waals surface area contributed by atoms with Crippen molar-refractivity contribution in [3.05, 3.63) is 83.5 Å². The fourth-order valence-electron chi connectivity index (χ4n) is 3.04. The van der Waals surface area contributed by atoms with Gasteiger partial charge < -0.3 is 0 Å².